The van der Waals surface area contributed by atoms with E-state index in [0.29, 0.717) is 24.2 Å². The van der Waals surface area contributed by atoms with Crippen LogP contribution in [0.1, 0.15) is 46.0 Å². The molecule has 0 aromatic rings. The van der Waals surface area contributed by atoms with Crippen molar-refractivity contribution < 1.29 is 14.3 Å². The summed E-state index contributed by atoms with van der Waals surface area (Å²) in [5.41, 5.74) is 1.05. The van der Waals surface area contributed by atoms with E-state index in [1.807, 2.05) is 0 Å². The van der Waals surface area contributed by atoms with Crippen LogP contribution in [0.3, 0.4) is 0 Å². The van der Waals surface area contributed by atoms with Crippen molar-refractivity contribution in [3.8, 4) is 0 Å². The molecular formula is C14H22O3. The van der Waals surface area contributed by atoms with Crippen LogP contribution in [0.5, 0.6) is 0 Å². The standard InChI is InChI=1S/C14H22O3/c1-11(2)13(15)9-7-5-6-8-10-17-14(16)12(3)4/h1,3,5-10H2,2,4H3. The first-order chi connectivity index (χ1) is 7.95. The van der Waals surface area contributed by atoms with Crippen LogP contribution in [-0.4, -0.2) is 18.4 Å². The third kappa shape index (κ3) is 8.43. The second-order valence-corrected chi connectivity index (χ2v) is 4.28. The zero-order valence-corrected chi connectivity index (χ0v) is 10.9. The first kappa shape index (κ1) is 15.6. The predicted molar refractivity (Wildman–Crippen MR) is 68.7 cm³/mol. The SMILES string of the molecule is C=C(C)C(=O)CCCCCCOC(=O)C(=C)C. The lowest BCUT2D eigenvalue weighted by atomic mass is 10.1. The van der Waals surface area contributed by atoms with E-state index in [4.69, 9.17) is 4.74 Å². The van der Waals surface area contributed by atoms with E-state index >= 15 is 0 Å². The van der Waals surface area contributed by atoms with E-state index in [-0.39, 0.29) is 11.8 Å². The highest BCUT2D eigenvalue weighted by Crippen LogP contribution is 2.07. The topological polar surface area (TPSA) is 43.4 Å². The van der Waals surface area contributed by atoms with Crippen LogP contribution in [0.15, 0.2) is 24.3 Å². The number of Topliss-reactive ketones (excluding diaryl/α,β-unsaturated/α-hetero) is 1. The molecule has 0 aromatic heterocycles. The smallest absolute Gasteiger partial charge is 0.333 e. The molecule has 0 aliphatic heterocycles. The van der Waals surface area contributed by atoms with Crippen LogP contribution < -0.4 is 0 Å². The molecule has 3 nitrogen and oxygen atoms in total. The van der Waals surface area contributed by atoms with Gasteiger partial charge >= 0.3 is 5.97 Å². The summed E-state index contributed by atoms with van der Waals surface area (Å²) in [6.45, 7) is 10.9. The normalized spacial score (nSPS) is 9.76. The molecule has 0 N–H and O–H groups in total. The highest BCUT2D eigenvalue weighted by atomic mass is 16.5. The molecule has 17 heavy (non-hydrogen) atoms. The number of esters is 1. The molecule has 0 atom stereocenters. The fourth-order valence-corrected chi connectivity index (χ4v) is 1.24. The number of rotatable bonds is 9. The summed E-state index contributed by atoms with van der Waals surface area (Å²) in [5.74, 6) is -0.193. The van der Waals surface area contributed by atoms with Crippen LogP contribution in [0.4, 0.5) is 0 Å². The molecule has 0 bridgehead atoms. The van der Waals surface area contributed by atoms with E-state index in [9.17, 15) is 9.59 Å². The van der Waals surface area contributed by atoms with Gasteiger partial charge in [0, 0.05) is 12.0 Å². The fraction of sp³-hybridized carbons (Fsp3) is 0.571. The van der Waals surface area contributed by atoms with Crippen molar-refractivity contribution in [2.45, 2.75) is 46.0 Å². The van der Waals surface area contributed by atoms with Gasteiger partial charge in [-0.3, -0.25) is 4.79 Å². The second kappa shape index (κ2) is 8.74. The molecule has 0 unspecified atom stereocenters. The van der Waals surface area contributed by atoms with Gasteiger partial charge in [-0.1, -0.05) is 26.0 Å². The quantitative estimate of drug-likeness (QED) is 0.352. The molecule has 0 heterocycles. The van der Waals surface area contributed by atoms with E-state index in [0.717, 1.165) is 25.7 Å². The van der Waals surface area contributed by atoms with Gasteiger partial charge in [0.15, 0.2) is 5.78 Å². The Labute approximate surface area is 104 Å². The van der Waals surface area contributed by atoms with E-state index in [1.165, 1.54) is 0 Å². The van der Waals surface area contributed by atoms with E-state index in [2.05, 4.69) is 13.2 Å². The lowest BCUT2D eigenvalue weighted by Gasteiger charge is -2.04. The van der Waals surface area contributed by atoms with Crippen molar-refractivity contribution in [1.82, 2.24) is 0 Å². The summed E-state index contributed by atoms with van der Waals surface area (Å²) in [7, 11) is 0. The lowest BCUT2D eigenvalue weighted by Crippen LogP contribution is -2.06. The second-order valence-electron chi connectivity index (χ2n) is 4.28. The van der Waals surface area contributed by atoms with Crippen LogP contribution in [0.25, 0.3) is 0 Å². The van der Waals surface area contributed by atoms with Gasteiger partial charge in [0.25, 0.3) is 0 Å². The van der Waals surface area contributed by atoms with Crippen molar-refractivity contribution in [2.75, 3.05) is 6.61 Å². The average molecular weight is 238 g/mol. The molecule has 0 radical (unpaired) electrons. The Bertz CT molecular complexity index is 273. The molecule has 0 saturated carbocycles. The van der Waals surface area contributed by atoms with Crippen molar-refractivity contribution in [2.24, 2.45) is 0 Å². The molecule has 3 heteroatoms. The Morgan fingerprint density at radius 2 is 1.53 bits per heavy atom. The Morgan fingerprint density at radius 3 is 2.06 bits per heavy atom. The van der Waals surface area contributed by atoms with Crippen molar-refractivity contribution in [3.05, 3.63) is 24.3 Å². The Morgan fingerprint density at radius 1 is 0.941 bits per heavy atom. The minimum atomic E-state index is -0.331. The number of unbranched alkanes of at least 4 members (excludes halogenated alkanes) is 3. The van der Waals surface area contributed by atoms with Crippen LogP contribution in [0.2, 0.25) is 0 Å². The summed E-state index contributed by atoms with van der Waals surface area (Å²) < 4.78 is 4.95. The predicted octanol–water partition coefficient (Wildman–Crippen LogP) is 3.20. The van der Waals surface area contributed by atoms with Gasteiger partial charge in [-0.2, -0.15) is 0 Å². The molecule has 0 spiro atoms. The first-order valence-corrected chi connectivity index (χ1v) is 5.96. The van der Waals surface area contributed by atoms with Gasteiger partial charge in [0.05, 0.1) is 6.61 Å². The highest BCUT2D eigenvalue weighted by Gasteiger charge is 2.03. The number of carbonyl (C=O) groups is 2. The maximum Gasteiger partial charge on any atom is 0.333 e. The van der Waals surface area contributed by atoms with Crippen molar-refractivity contribution >= 4 is 11.8 Å². The zero-order chi connectivity index (χ0) is 13.3. The number of carbonyl (C=O) groups excluding carboxylic acids is 2. The maximum absolute atomic E-state index is 11.2. The Hall–Kier alpha value is -1.38. The van der Waals surface area contributed by atoms with Crippen molar-refractivity contribution in [3.63, 3.8) is 0 Å². The van der Waals surface area contributed by atoms with Gasteiger partial charge < -0.3 is 4.74 Å². The fourth-order valence-electron chi connectivity index (χ4n) is 1.24. The number of hydrogen-bond acceptors (Lipinski definition) is 3. The largest absolute Gasteiger partial charge is 0.462 e. The van der Waals surface area contributed by atoms with Gasteiger partial charge in [-0.25, -0.2) is 4.79 Å². The number of ketones is 1. The highest BCUT2D eigenvalue weighted by molar-refractivity contribution is 5.93. The molecule has 0 fully saturated rings. The molecule has 96 valence electrons. The van der Waals surface area contributed by atoms with Gasteiger partial charge in [0.1, 0.15) is 0 Å². The molecule has 0 saturated heterocycles. The van der Waals surface area contributed by atoms with Crippen molar-refractivity contribution in [1.29, 1.82) is 0 Å². The summed E-state index contributed by atoms with van der Waals surface area (Å²) in [6.07, 6.45) is 4.22. The monoisotopic (exact) mass is 238 g/mol. The van der Waals surface area contributed by atoms with Crippen LogP contribution >= 0.6 is 0 Å². The Kier molecular flexibility index (Phi) is 8.03. The minimum absolute atomic E-state index is 0.138. The summed E-state index contributed by atoms with van der Waals surface area (Å²) >= 11 is 0. The summed E-state index contributed by atoms with van der Waals surface area (Å²) in [6, 6.07) is 0. The molecule has 0 aliphatic carbocycles. The summed E-state index contributed by atoms with van der Waals surface area (Å²) in [5, 5.41) is 0. The maximum atomic E-state index is 11.2. The lowest BCUT2D eigenvalue weighted by molar-refractivity contribution is -0.139. The third-order valence-corrected chi connectivity index (χ3v) is 2.36. The first-order valence-electron chi connectivity index (χ1n) is 5.96. The van der Waals surface area contributed by atoms with Crippen LogP contribution in [-0.2, 0) is 14.3 Å². The average Bonchev–Trinajstić information content (AvgIpc) is 2.26. The third-order valence-electron chi connectivity index (χ3n) is 2.36. The number of hydrogen-bond donors (Lipinski definition) is 0. The molecule has 0 amide bonds. The number of ether oxygens (including phenoxy) is 1. The van der Waals surface area contributed by atoms with Gasteiger partial charge in [-0.15, -0.1) is 0 Å². The molecular weight excluding hydrogens is 216 g/mol. The number of allylic oxidation sites excluding steroid dienone is 1. The van der Waals surface area contributed by atoms with Crippen LogP contribution in [0, 0.1) is 0 Å². The zero-order valence-electron chi connectivity index (χ0n) is 10.9. The van der Waals surface area contributed by atoms with E-state index < -0.39 is 0 Å². The van der Waals surface area contributed by atoms with Gasteiger partial charge in [0.2, 0.25) is 0 Å². The minimum Gasteiger partial charge on any atom is -0.462 e. The molecule has 0 rings (SSSR count). The van der Waals surface area contributed by atoms with Gasteiger partial charge in [-0.05, 0) is 32.3 Å². The summed E-state index contributed by atoms with van der Waals surface area (Å²) in [4.78, 5) is 22.2. The molecule has 0 aromatic carbocycles. The van der Waals surface area contributed by atoms with E-state index in [1.54, 1.807) is 13.8 Å². The molecule has 0 aliphatic rings. The Balaban J connectivity index is 3.36.